The largest absolute Gasteiger partial charge is 0.491 e. The maximum atomic E-state index is 12.0. The molecule has 0 radical (unpaired) electrons. The Kier molecular flexibility index (Phi) is 7.06. The van der Waals surface area contributed by atoms with Gasteiger partial charge in [-0.05, 0) is 56.6 Å². The minimum absolute atomic E-state index is 0.209. The van der Waals surface area contributed by atoms with E-state index in [0.29, 0.717) is 28.7 Å². The molecule has 0 saturated carbocycles. The van der Waals surface area contributed by atoms with E-state index >= 15 is 0 Å². The molecule has 25 heavy (non-hydrogen) atoms. The summed E-state index contributed by atoms with van der Waals surface area (Å²) in [7, 11) is 3.77. The van der Waals surface area contributed by atoms with Gasteiger partial charge in [0.15, 0.2) is 0 Å². The van der Waals surface area contributed by atoms with E-state index in [0.717, 1.165) is 0 Å². The highest BCUT2D eigenvalue weighted by Gasteiger charge is 2.07. The molecule has 6 nitrogen and oxygen atoms in total. The van der Waals surface area contributed by atoms with Crippen molar-refractivity contribution in [1.29, 1.82) is 0 Å². The number of urea groups is 1. The van der Waals surface area contributed by atoms with Crippen LogP contribution in [-0.2, 0) is 0 Å². The molecular formula is C18H22ClN3O3. The van der Waals surface area contributed by atoms with E-state index in [-0.39, 0.29) is 12.6 Å². The van der Waals surface area contributed by atoms with Gasteiger partial charge in [-0.1, -0.05) is 17.7 Å². The van der Waals surface area contributed by atoms with Gasteiger partial charge in [0.1, 0.15) is 18.5 Å². The van der Waals surface area contributed by atoms with Gasteiger partial charge in [-0.15, -0.1) is 0 Å². The Balaban J connectivity index is 1.82. The number of carbonyl (C=O) groups is 1. The van der Waals surface area contributed by atoms with Gasteiger partial charge in [0.05, 0.1) is 0 Å². The molecule has 0 heterocycles. The number of nitrogens with zero attached hydrogens (tertiary/aromatic N) is 1. The van der Waals surface area contributed by atoms with E-state index < -0.39 is 6.10 Å². The van der Waals surface area contributed by atoms with Crippen LogP contribution in [0, 0.1) is 0 Å². The Morgan fingerprint density at radius 1 is 1.16 bits per heavy atom. The van der Waals surface area contributed by atoms with Gasteiger partial charge in [-0.25, -0.2) is 4.79 Å². The molecule has 0 aliphatic rings. The first-order valence-corrected chi connectivity index (χ1v) is 8.19. The Labute approximate surface area is 152 Å². The van der Waals surface area contributed by atoms with Crippen LogP contribution in [0.4, 0.5) is 16.2 Å². The summed E-state index contributed by atoms with van der Waals surface area (Å²) in [5, 5.41) is 15.7. The van der Waals surface area contributed by atoms with Gasteiger partial charge in [-0.3, -0.25) is 0 Å². The Morgan fingerprint density at radius 2 is 1.84 bits per heavy atom. The molecule has 0 aliphatic heterocycles. The number of anilines is 2. The second kappa shape index (κ2) is 9.27. The second-order valence-electron chi connectivity index (χ2n) is 5.84. The fourth-order valence-corrected chi connectivity index (χ4v) is 2.35. The van der Waals surface area contributed by atoms with Crippen LogP contribution in [0.2, 0.25) is 5.02 Å². The minimum atomic E-state index is -0.559. The van der Waals surface area contributed by atoms with Gasteiger partial charge < -0.3 is 25.4 Å². The second-order valence-corrected chi connectivity index (χ2v) is 6.28. The van der Waals surface area contributed by atoms with Crippen molar-refractivity contribution in [2.75, 3.05) is 37.9 Å². The molecule has 2 aromatic carbocycles. The Bertz CT molecular complexity index is 692. The number of amides is 2. The lowest BCUT2D eigenvalue weighted by Crippen LogP contribution is -2.30. The zero-order valence-electron chi connectivity index (χ0n) is 14.2. The number of aliphatic hydroxyl groups is 1. The molecule has 2 rings (SSSR count). The molecule has 0 aromatic heterocycles. The molecule has 0 bridgehead atoms. The molecular weight excluding hydrogens is 342 g/mol. The van der Waals surface area contributed by atoms with Crippen LogP contribution < -0.4 is 15.4 Å². The van der Waals surface area contributed by atoms with E-state index in [4.69, 9.17) is 16.3 Å². The van der Waals surface area contributed by atoms with Crippen LogP contribution in [-0.4, -0.2) is 49.4 Å². The summed E-state index contributed by atoms with van der Waals surface area (Å²) in [5.41, 5.74) is 1.24. The number of ether oxygens (including phenoxy) is 1. The number of carbonyl (C=O) groups excluding carboxylic acids is 1. The molecule has 0 saturated heterocycles. The highest BCUT2D eigenvalue weighted by molar-refractivity contribution is 6.30. The minimum Gasteiger partial charge on any atom is -0.491 e. The molecule has 0 spiro atoms. The van der Waals surface area contributed by atoms with Crippen LogP contribution in [0.25, 0.3) is 0 Å². The van der Waals surface area contributed by atoms with Crippen LogP contribution in [0.3, 0.4) is 0 Å². The number of hydrogen-bond acceptors (Lipinski definition) is 4. The van der Waals surface area contributed by atoms with Crippen molar-refractivity contribution < 1.29 is 14.6 Å². The van der Waals surface area contributed by atoms with Crippen LogP contribution >= 0.6 is 11.6 Å². The number of nitrogens with one attached hydrogen (secondary N) is 2. The number of hydrogen-bond donors (Lipinski definition) is 3. The lowest BCUT2D eigenvalue weighted by Gasteiger charge is -2.16. The quantitative estimate of drug-likeness (QED) is 0.705. The number of likely N-dealkylation sites (N-methyl/N-ethyl adjacent to an activating group) is 1. The van der Waals surface area contributed by atoms with E-state index in [9.17, 15) is 9.90 Å². The monoisotopic (exact) mass is 363 g/mol. The third kappa shape index (κ3) is 7.01. The highest BCUT2D eigenvalue weighted by Crippen LogP contribution is 2.18. The molecule has 1 atom stereocenters. The van der Waals surface area contributed by atoms with Gasteiger partial charge in [0.2, 0.25) is 0 Å². The smallest absolute Gasteiger partial charge is 0.323 e. The zero-order chi connectivity index (χ0) is 18.2. The predicted octanol–water partition coefficient (Wildman–Crippen LogP) is 3.29. The number of benzene rings is 2. The Morgan fingerprint density at radius 3 is 2.48 bits per heavy atom. The number of aliphatic hydroxyl groups excluding tert-OH is 1. The standard InChI is InChI=1S/C18H22ClN3O3/c1-22(2)11-16(23)12-25-17-8-6-14(7-9-17)20-18(24)21-15-5-3-4-13(19)10-15/h3-10,16,23H,11-12H2,1-2H3,(H2,20,21,24). The molecule has 134 valence electrons. The van der Waals surface area contributed by atoms with Crippen LogP contribution in [0.1, 0.15) is 0 Å². The highest BCUT2D eigenvalue weighted by atomic mass is 35.5. The average Bonchev–Trinajstić information content (AvgIpc) is 2.53. The van der Waals surface area contributed by atoms with Crippen molar-refractivity contribution in [2.45, 2.75) is 6.10 Å². The molecule has 2 aromatic rings. The van der Waals surface area contributed by atoms with Crippen LogP contribution in [0.5, 0.6) is 5.75 Å². The maximum absolute atomic E-state index is 12.0. The lowest BCUT2D eigenvalue weighted by molar-refractivity contribution is 0.0831. The van der Waals surface area contributed by atoms with Crippen LogP contribution in [0.15, 0.2) is 48.5 Å². The molecule has 1 unspecified atom stereocenters. The fourth-order valence-electron chi connectivity index (χ4n) is 2.16. The summed E-state index contributed by atoms with van der Waals surface area (Å²) in [6.45, 7) is 0.740. The number of rotatable bonds is 7. The summed E-state index contributed by atoms with van der Waals surface area (Å²) in [4.78, 5) is 13.8. The van der Waals surface area contributed by atoms with Crippen molar-refractivity contribution in [3.8, 4) is 5.75 Å². The molecule has 2 amide bonds. The average molecular weight is 364 g/mol. The fraction of sp³-hybridized carbons (Fsp3) is 0.278. The number of halogens is 1. The van der Waals surface area contributed by atoms with Gasteiger partial charge in [0.25, 0.3) is 0 Å². The van der Waals surface area contributed by atoms with E-state index in [1.165, 1.54) is 0 Å². The summed E-state index contributed by atoms with van der Waals surface area (Å²) in [6.07, 6.45) is -0.559. The lowest BCUT2D eigenvalue weighted by atomic mass is 10.3. The predicted molar refractivity (Wildman–Crippen MR) is 101 cm³/mol. The molecule has 0 aliphatic carbocycles. The third-order valence-corrected chi connectivity index (χ3v) is 3.45. The van der Waals surface area contributed by atoms with Gasteiger partial charge in [0, 0.05) is 22.9 Å². The first kappa shape index (κ1) is 19.1. The summed E-state index contributed by atoms with van der Waals surface area (Å²) in [6, 6.07) is 13.5. The van der Waals surface area contributed by atoms with E-state index in [1.807, 2.05) is 19.0 Å². The van der Waals surface area contributed by atoms with Crippen molar-refractivity contribution in [1.82, 2.24) is 4.90 Å². The molecule has 7 heteroatoms. The first-order chi connectivity index (χ1) is 11.9. The summed E-state index contributed by atoms with van der Waals surface area (Å²) in [5.74, 6) is 0.624. The Hall–Kier alpha value is -2.28. The van der Waals surface area contributed by atoms with E-state index in [1.54, 1.807) is 48.5 Å². The van der Waals surface area contributed by atoms with E-state index in [2.05, 4.69) is 10.6 Å². The van der Waals surface area contributed by atoms with Crippen molar-refractivity contribution in [3.05, 3.63) is 53.6 Å². The summed E-state index contributed by atoms with van der Waals surface area (Å²) >= 11 is 5.88. The zero-order valence-corrected chi connectivity index (χ0v) is 15.0. The normalized spacial score (nSPS) is 11.9. The maximum Gasteiger partial charge on any atom is 0.323 e. The molecule has 0 fully saturated rings. The van der Waals surface area contributed by atoms with Gasteiger partial charge in [-0.2, -0.15) is 0 Å². The van der Waals surface area contributed by atoms with Crippen molar-refractivity contribution >= 4 is 29.0 Å². The topological polar surface area (TPSA) is 73.8 Å². The van der Waals surface area contributed by atoms with Crippen molar-refractivity contribution in [3.63, 3.8) is 0 Å². The first-order valence-electron chi connectivity index (χ1n) is 7.81. The van der Waals surface area contributed by atoms with Crippen molar-refractivity contribution in [2.24, 2.45) is 0 Å². The van der Waals surface area contributed by atoms with Gasteiger partial charge >= 0.3 is 6.03 Å². The third-order valence-electron chi connectivity index (χ3n) is 3.21. The summed E-state index contributed by atoms with van der Waals surface area (Å²) < 4.78 is 5.52. The SMILES string of the molecule is CN(C)CC(O)COc1ccc(NC(=O)Nc2cccc(Cl)c2)cc1. The molecule has 3 N–H and O–H groups in total.